The highest BCUT2D eigenvalue weighted by Crippen LogP contribution is 2.62. The summed E-state index contributed by atoms with van der Waals surface area (Å²) in [6, 6.07) is 26.2. The fourth-order valence-corrected chi connectivity index (χ4v) is 9.72. The molecule has 3 aliphatic rings. The number of aliphatic hydroxyl groups is 2. The lowest BCUT2D eigenvalue weighted by molar-refractivity contribution is -0.256. The first-order valence-corrected chi connectivity index (χ1v) is 21.8. The molecule has 0 aromatic heterocycles. The highest BCUT2D eigenvalue weighted by Gasteiger charge is 2.65. The number of methoxy groups -OCH3 is 1. The van der Waals surface area contributed by atoms with Crippen LogP contribution in [0.1, 0.15) is 93.1 Å². The van der Waals surface area contributed by atoms with Gasteiger partial charge in [-0.2, -0.15) is 0 Å². The molecule has 1 heterocycles. The maximum atomic E-state index is 14.5. The largest absolute Gasteiger partial charge is 0.459 e. The molecule has 0 unspecified atom stereocenters. The second kappa shape index (κ2) is 19.7. The number of hydrogen-bond acceptors (Lipinski definition) is 10. The van der Waals surface area contributed by atoms with Gasteiger partial charge in [-0.1, -0.05) is 84.7 Å². The van der Waals surface area contributed by atoms with Crippen LogP contribution in [0.3, 0.4) is 0 Å². The summed E-state index contributed by atoms with van der Waals surface area (Å²) in [5.41, 5.74) is 3.35. The van der Waals surface area contributed by atoms with Crippen LogP contribution in [0.15, 0.2) is 114 Å². The molecule has 7 rings (SSSR count). The smallest absolute Gasteiger partial charge is 0.410 e. The minimum absolute atomic E-state index is 0.0187. The van der Waals surface area contributed by atoms with E-state index in [0.29, 0.717) is 41.4 Å². The number of ether oxygens (including phenoxy) is 4. The van der Waals surface area contributed by atoms with Crippen molar-refractivity contribution in [1.29, 1.82) is 0 Å². The van der Waals surface area contributed by atoms with Crippen LogP contribution < -0.4 is 9.47 Å². The van der Waals surface area contributed by atoms with E-state index in [9.17, 15) is 19.8 Å². The van der Waals surface area contributed by atoms with Crippen molar-refractivity contribution >= 4 is 28.9 Å². The normalized spacial score (nSPS) is 23.4. The number of aldehydes is 1. The molecule has 328 valence electrons. The highest BCUT2D eigenvalue weighted by atomic mass is 16.7. The summed E-state index contributed by atoms with van der Waals surface area (Å²) < 4.78 is 26.6. The molecule has 4 aromatic rings. The third-order valence-corrected chi connectivity index (χ3v) is 12.3. The highest BCUT2D eigenvalue weighted by molar-refractivity contribution is 6.03. The van der Waals surface area contributed by atoms with Gasteiger partial charge in [0.15, 0.2) is 0 Å². The number of benzene rings is 4. The van der Waals surface area contributed by atoms with E-state index >= 15 is 0 Å². The molecule has 4 aromatic carbocycles. The topological polar surface area (TPSA) is 136 Å². The van der Waals surface area contributed by atoms with Crippen molar-refractivity contribution in [2.45, 2.75) is 95.6 Å². The second-order valence-corrected chi connectivity index (χ2v) is 17.5. The van der Waals surface area contributed by atoms with Crippen molar-refractivity contribution in [1.82, 2.24) is 4.90 Å². The van der Waals surface area contributed by atoms with Crippen LogP contribution in [0.25, 0.3) is 10.8 Å². The summed E-state index contributed by atoms with van der Waals surface area (Å²) in [6.07, 6.45) is 8.99. The number of rotatable bonds is 18. The summed E-state index contributed by atoms with van der Waals surface area (Å²) in [5.74, 6) is -0.483. The maximum absolute atomic E-state index is 14.5. The number of carbonyl (C=O) groups excluding carboxylic acids is 2. The van der Waals surface area contributed by atoms with E-state index in [1.54, 1.807) is 29.2 Å². The quantitative estimate of drug-likeness (QED) is 0.0434. The first kappa shape index (κ1) is 44.6. The van der Waals surface area contributed by atoms with Gasteiger partial charge in [0.05, 0.1) is 31.9 Å². The summed E-state index contributed by atoms with van der Waals surface area (Å²) in [4.78, 5) is 34.1. The lowest BCUT2D eigenvalue weighted by atomic mass is 9.55. The van der Waals surface area contributed by atoms with Crippen LogP contribution in [-0.2, 0) is 20.9 Å². The first-order chi connectivity index (χ1) is 30.0. The fraction of sp³-hybridized carbons (Fsp3) is 0.431. The molecular formula is C51H60N2O9. The summed E-state index contributed by atoms with van der Waals surface area (Å²) >= 11 is 0. The molecule has 0 radical (unpaired) electrons. The number of hydrogen-bond donors (Lipinski definition) is 2. The summed E-state index contributed by atoms with van der Waals surface area (Å²) in [7, 11) is 1.39. The molecule has 1 saturated carbocycles. The first-order valence-electron chi connectivity index (χ1n) is 21.8. The van der Waals surface area contributed by atoms with Gasteiger partial charge < -0.3 is 34.0 Å². The number of amides is 1. The van der Waals surface area contributed by atoms with E-state index in [2.05, 4.69) is 30.9 Å². The number of fused-ring (bicyclic) bond motifs is 3. The molecule has 2 N–H and O–H groups in total. The van der Waals surface area contributed by atoms with Crippen molar-refractivity contribution in [3.63, 3.8) is 0 Å². The Morgan fingerprint density at radius 1 is 0.952 bits per heavy atom. The lowest BCUT2D eigenvalue weighted by Crippen LogP contribution is -2.70. The van der Waals surface area contributed by atoms with Gasteiger partial charge in [0.2, 0.25) is 5.79 Å². The van der Waals surface area contributed by atoms with Gasteiger partial charge in [0.25, 0.3) is 0 Å². The molecular weight excluding hydrogens is 785 g/mol. The Balaban J connectivity index is 1.48. The van der Waals surface area contributed by atoms with Gasteiger partial charge in [0.1, 0.15) is 35.2 Å². The van der Waals surface area contributed by atoms with E-state index in [-0.39, 0.29) is 50.5 Å². The third kappa shape index (κ3) is 9.45. The minimum Gasteiger partial charge on any atom is -0.459 e. The van der Waals surface area contributed by atoms with Crippen molar-refractivity contribution in [3.8, 4) is 17.2 Å². The zero-order valence-electron chi connectivity index (χ0n) is 36.3. The van der Waals surface area contributed by atoms with Gasteiger partial charge in [-0.3, -0.25) is 9.69 Å². The van der Waals surface area contributed by atoms with Gasteiger partial charge in [-0.15, -0.1) is 6.58 Å². The Morgan fingerprint density at radius 3 is 2.44 bits per heavy atom. The van der Waals surface area contributed by atoms with Crippen LogP contribution in [0.4, 0.5) is 4.79 Å². The number of oxime groups is 1. The Labute approximate surface area is 365 Å². The van der Waals surface area contributed by atoms with Crippen LogP contribution in [0.2, 0.25) is 0 Å². The van der Waals surface area contributed by atoms with Crippen LogP contribution in [0.5, 0.6) is 17.2 Å². The van der Waals surface area contributed by atoms with E-state index in [0.717, 1.165) is 59.4 Å². The zero-order chi connectivity index (χ0) is 43.9. The predicted octanol–water partition coefficient (Wildman–Crippen LogP) is 10.1. The number of aliphatic hydroxyl groups excluding tert-OH is 2. The number of carbonyl (C=O) groups is 2. The van der Waals surface area contributed by atoms with Gasteiger partial charge in [-0.25, -0.2) is 4.79 Å². The minimum atomic E-state index is -1.47. The molecule has 1 aliphatic heterocycles. The Hall–Kier alpha value is -5.49. The third-order valence-electron chi connectivity index (χ3n) is 12.3. The van der Waals surface area contributed by atoms with Crippen LogP contribution >= 0.6 is 0 Å². The Bertz CT molecular complexity index is 2280. The lowest BCUT2D eigenvalue weighted by Gasteiger charge is -2.60. The maximum Gasteiger partial charge on any atom is 0.410 e. The molecule has 2 aliphatic carbocycles. The van der Waals surface area contributed by atoms with Gasteiger partial charge in [0, 0.05) is 36.7 Å². The average molecular weight is 845 g/mol. The molecule has 0 spiro atoms. The van der Waals surface area contributed by atoms with Gasteiger partial charge in [-0.05, 0) is 111 Å². The number of allylic oxidation sites excluding steroid dienone is 1. The molecule has 1 fully saturated rings. The zero-order valence-corrected chi connectivity index (χ0v) is 36.3. The molecule has 6 atom stereocenters. The van der Waals surface area contributed by atoms with Crippen LogP contribution in [-0.4, -0.2) is 77.6 Å². The van der Waals surface area contributed by atoms with E-state index < -0.39 is 29.4 Å². The molecule has 0 bridgehead atoms. The van der Waals surface area contributed by atoms with Crippen molar-refractivity contribution in [2.24, 2.45) is 22.9 Å². The monoisotopic (exact) mass is 844 g/mol. The predicted molar refractivity (Wildman–Crippen MR) is 240 cm³/mol. The number of unbranched alkanes of at least 4 members (excludes halogenated alkanes) is 2. The standard InChI is InChI=1S/C51H60N2O9/c1-6-27-59-51-46(53(49(57)58-5)32-37-19-14-18-35-16-7-8-21-40(35)37)31-44(52-62-50(2,3)4)42-29-36(17-9-11-25-54)41(22-10-12-26-55)47(48(42)51)43-30-39(23-24-45(43)61-51)60-38-20-13-15-34(28-38)33-56/h6-8,13-16,18-21,23-24,28-30,33,36,41,46-48,54-55H,1,9-12,17,22,25-27,31-32H2,2-5H3/t36-,41+,46-,47+,48+,51+/m0/s1. The Kier molecular flexibility index (Phi) is 14.2. The van der Waals surface area contributed by atoms with Crippen molar-refractivity contribution in [3.05, 3.63) is 126 Å². The Morgan fingerprint density at radius 2 is 1.69 bits per heavy atom. The molecule has 11 nitrogen and oxygen atoms in total. The molecule has 0 saturated heterocycles. The second-order valence-electron chi connectivity index (χ2n) is 17.5. The van der Waals surface area contributed by atoms with Crippen LogP contribution in [0, 0.1) is 17.8 Å². The molecule has 1 amide bonds. The van der Waals surface area contributed by atoms with E-state index in [1.165, 1.54) is 7.11 Å². The summed E-state index contributed by atoms with van der Waals surface area (Å²) in [6.45, 7) is 10.4. The van der Waals surface area contributed by atoms with Crippen molar-refractivity contribution in [2.75, 3.05) is 26.9 Å². The molecule has 62 heavy (non-hydrogen) atoms. The SMILES string of the molecule is C=CCO[C@@]12Oc3ccc(Oc4cccc(C=O)c4)cc3[C@H]3[C@H](CCCCO)[C@@H](CCCCO)C=C(C(=NOC(C)(C)C)C[C@@H]1N(Cc1cccc4ccccc14)C(=O)OC)[C@H]32. The average Bonchev–Trinajstić information content (AvgIpc) is 3.27. The van der Waals surface area contributed by atoms with E-state index in [4.69, 9.17) is 28.9 Å². The van der Waals surface area contributed by atoms with E-state index in [1.807, 2.05) is 69.3 Å². The fourth-order valence-electron chi connectivity index (χ4n) is 9.72. The van der Waals surface area contributed by atoms with Crippen molar-refractivity contribution < 1.29 is 43.6 Å². The van der Waals surface area contributed by atoms with Gasteiger partial charge >= 0.3 is 6.09 Å². The number of nitrogens with zero attached hydrogens (tertiary/aromatic N) is 2. The molecule has 11 heteroatoms. The summed E-state index contributed by atoms with van der Waals surface area (Å²) in [5, 5.41) is 26.9.